The van der Waals surface area contributed by atoms with Gasteiger partial charge in [0.15, 0.2) is 0 Å². The SMILES string of the molecule is Fc1cccc(C(c2ccc(Br)cc2)N2CCNCC2)c1. The van der Waals surface area contributed by atoms with E-state index in [1.807, 2.05) is 18.2 Å². The van der Waals surface area contributed by atoms with Crippen molar-refractivity contribution in [3.63, 3.8) is 0 Å². The van der Waals surface area contributed by atoms with E-state index in [0.29, 0.717) is 0 Å². The first-order valence-electron chi connectivity index (χ1n) is 7.20. The summed E-state index contributed by atoms with van der Waals surface area (Å²) in [5.74, 6) is -0.176. The second-order valence-electron chi connectivity index (χ2n) is 5.30. The molecule has 2 nitrogen and oxygen atoms in total. The molecule has 1 heterocycles. The van der Waals surface area contributed by atoms with Gasteiger partial charge in [0.05, 0.1) is 6.04 Å². The van der Waals surface area contributed by atoms with Gasteiger partial charge >= 0.3 is 0 Å². The third-order valence-electron chi connectivity index (χ3n) is 3.87. The molecule has 110 valence electrons. The van der Waals surface area contributed by atoms with Crippen LogP contribution >= 0.6 is 15.9 Å². The van der Waals surface area contributed by atoms with Gasteiger partial charge in [-0.3, -0.25) is 4.90 Å². The summed E-state index contributed by atoms with van der Waals surface area (Å²) in [5, 5.41) is 3.37. The highest BCUT2D eigenvalue weighted by Crippen LogP contribution is 2.30. The van der Waals surface area contributed by atoms with E-state index in [4.69, 9.17) is 0 Å². The summed E-state index contributed by atoms with van der Waals surface area (Å²) in [5.41, 5.74) is 2.21. The molecule has 0 aliphatic carbocycles. The van der Waals surface area contributed by atoms with Crippen LogP contribution in [0, 0.1) is 5.82 Å². The predicted octanol–water partition coefficient (Wildman–Crippen LogP) is 3.58. The van der Waals surface area contributed by atoms with Crippen LogP contribution in [0.25, 0.3) is 0 Å². The fourth-order valence-corrected chi connectivity index (χ4v) is 3.14. The lowest BCUT2D eigenvalue weighted by atomic mass is 9.96. The maximum Gasteiger partial charge on any atom is 0.123 e. The molecule has 1 aliphatic heterocycles. The van der Waals surface area contributed by atoms with Crippen molar-refractivity contribution in [2.24, 2.45) is 0 Å². The van der Waals surface area contributed by atoms with Crippen molar-refractivity contribution in [1.29, 1.82) is 0 Å². The second-order valence-corrected chi connectivity index (χ2v) is 6.21. The third kappa shape index (κ3) is 3.51. The number of hydrogen-bond donors (Lipinski definition) is 1. The van der Waals surface area contributed by atoms with E-state index < -0.39 is 0 Å². The minimum Gasteiger partial charge on any atom is -0.314 e. The van der Waals surface area contributed by atoms with Gasteiger partial charge in [0.2, 0.25) is 0 Å². The fourth-order valence-electron chi connectivity index (χ4n) is 2.88. The first-order valence-corrected chi connectivity index (χ1v) is 7.99. The Balaban J connectivity index is 1.99. The van der Waals surface area contributed by atoms with E-state index in [-0.39, 0.29) is 11.9 Å². The molecule has 2 aromatic rings. The smallest absolute Gasteiger partial charge is 0.123 e. The molecular formula is C17H18BrFN2. The lowest BCUT2D eigenvalue weighted by Gasteiger charge is -2.35. The van der Waals surface area contributed by atoms with E-state index >= 15 is 0 Å². The second kappa shape index (κ2) is 6.69. The Morgan fingerprint density at radius 1 is 1.00 bits per heavy atom. The van der Waals surface area contributed by atoms with Crippen LogP contribution < -0.4 is 5.32 Å². The average molecular weight is 349 g/mol. The summed E-state index contributed by atoms with van der Waals surface area (Å²) >= 11 is 3.47. The van der Waals surface area contributed by atoms with Crippen LogP contribution in [0.2, 0.25) is 0 Å². The summed E-state index contributed by atoms with van der Waals surface area (Å²) in [6.45, 7) is 3.89. The minimum atomic E-state index is -0.176. The molecule has 2 aromatic carbocycles. The van der Waals surface area contributed by atoms with Crippen LogP contribution in [0.1, 0.15) is 17.2 Å². The van der Waals surface area contributed by atoms with Crippen molar-refractivity contribution in [1.82, 2.24) is 10.2 Å². The molecule has 1 fully saturated rings. The van der Waals surface area contributed by atoms with Gasteiger partial charge < -0.3 is 5.32 Å². The molecule has 3 rings (SSSR count). The van der Waals surface area contributed by atoms with Gasteiger partial charge in [-0.05, 0) is 35.4 Å². The van der Waals surface area contributed by atoms with Crippen molar-refractivity contribution in [2.45, 2.75) is 6.04 Å². The number of benzene rings is 2. The van der Waals surface area contributed by atoms with Crippen molar-refractivity contribution >= 4 is 15.9 Å². The Morgan fingerprint density at radius 3 is 2.38 bits per heavy atom. The highest BCUT2D eigenvalue weighted by molar-refractivity contribution is 9.10. The van der Waals surface area contributed by atoms with Gasteiger partial charge in [-0.2, -0.15) is 0 Å². The number of piperazine rings is 1. The van der Waals surface area contributed by atoms with Crippen LogP contribution in [0.4, 0.5) is 4.39 Å². The van der Waals surface area contributed by atoms with E-state index in [2.05, 4.69) is 38.3 Å². The zero-order valence-electron chi connectivity index (χ0n) is 11.7. The number of nitrogens with zero attached hydrogens (tertiary/aromatic N) is 1. The first-order chi connectivity index (χ1) is 10.2. The highest BCUT2D eigenvalue weighted by Gasteiger charge is 2.24. The quantitative estimate of drug-likeness (QED) is 0.911. The summed E-state index contributed by atoms with van der Waals surface area (Å²) in [6, 6.07) is 15.4. The van der Waals surface area contributed by atoms with Crippen LogP contribution in [-0.4, -0.2) is 31.1 Å². The van der Waals surface area contributed by atoms with E-state index in [1.165, 1.54) is 11.6 Å². The van der Waals surface area contributed by atoms with E-state index in [9.17, 15) is 4.39 Å². The molecule has 4 heteroatoms. The Labute approximate surface area is 133 Å². The fraction of sp³-hybridized carbons (Fsp3) is 0.294. The lowest BCUT2D eigenvalue weighted by Crippen LogP contribution is -2.45. The number of nitrogens with one attached hydrogen (secondary N) is 1. The van der Waals surface area contributed by atoms with Crippen molar-refractivity contribution in [3.8, 4) is 0 Å². The molecule has 1 saturated heterocycles. The van der Waals surface area contributed by atoms with Crippen molar-refractivity contribution < 1.29 is 4.39 Å². The highest BCUT2D eigenvalue weighted by atomic mass is 79.9. The molecular weight excluding hydrogens is 331 g/mol. The summed E-state index contributed by atoms with van der Waals surface area (Å²) in [6.07, 6.45) is 0. The molecule has 0 saturated carbocycles. The van der Waals surface area contributed by atoms with E-state index in [1.54, 1.807) is 12.1 Å². The molecule has 1 unspecified atom stereocenters. The first kappa shape index (κ1) is 14.7. The standard InChI is InChI=1S/C17H18BrFN2/c18-15-6-4-13(5-7-15)17(21-10-8-20-9-11-21)14-2-1-3-16(19)12-14/h1-7,12,17,20H,8-11H2. The monoisotopic (exact) mass is 348 g/mol. The largest absolute Gasteiger partial charge is 0.314 e. The zero-order chi connectivity index (χ0) is 14.7. The van der Waals surface area contributed by atoms with Crippen LogP contribution in [0.15, 0.2) is 53.0 Å². The Hall–Kier alpha value is -1.23. The molecule has 0 radical (unpaired) electrons. The predicted molar refractivity (Wildman–Crippen MR) is 86.8 cm³/mol. The maximum atomic E-state index is 13.6. The Bertz CT molecular complexity index is 594. The van der Waals surface area contributed by atoms with Gasteiger partial charge in [-0.1, -0.05) is 40.2 Å². The normalized spacial score (nSPS) is 17.6. The Morgan fingerprint density at radius 2 is 1.71 bits per heavy atom. The number of hydrogen-bond acceptors (Lipinski definition) is 2. The van der Waals surface area contributed by atoms with Crippen molar-refractivity contribution in [3.05, 3.63) is 69.9 Å². The van der Waals surface area contributed by atoms with E-state index in [0.717, 1.165) is 36.2 Å². The topological polar surface area (TPSA) is 15.3 Å². The summed E-state index contributed by atoms with van der Waals surface area (Å²) in [4.78, 5) is 2.41. The molecule has 21 heavy (non-hydrogen) atoms. The molecule has 1 aliphatic rings. The van der Waals surface area contributed by atoms with Crippen LogP contribution in [0.5, 0.6) is 0 Å². The zero-order valence-corrected chi connectivity index (χ0v) is 13.3. The molecule has 0 aromatic heterocycles. The molecule has 1 N–H and O–H groups in total. The maximum absolute atomic E-state index is 13.6. The van der Waals surface area contributed by atoms with Gasteiger partial charge in [-0.15, -0.1) is 0 Å². The molecule has 0 amide bonds. The lowest BCUT2D eigenvalue weighted by molar-refractivity contribution is 0.198. The number of rotatable bonds is 3. The average Bonchev–Trinajstić information content (AvgIpc) is 2.51. The third-order valence-corrected chi connectivity index (χ3v) is 4.40. The van der Waals surface area contributed by atoms with Crippen LogP contribution in [-0.2, 0) is 0 Å². The van der Waals surface area contributed by atoms with Gasteiger partial charge in [0, 0.05) is 30.7 Å². The minimum absolute atomic E-state index is 0.107. The Kier molecular flexibility index (Phi) is 4.68. The molecule has 0 bridgehead atoms. The molecule has 1 atom stereocenters. The van der Waals surface area contributed by atoms with Gasteiger partial charge in [0.25, 0.3) is 0 Å². The van der Waals surface area contributed by atoms with Gasteiger partial charge in [0.1, 0.15) is 5.82 Å². The summed E-state index contributed by atoms with van der Waals surface area (Å²) in [7, 11) is 0. The summed E-state index contributed by atoms with van der Waals surface area (Å²) < 4.78 is 14.7. The van der Waals surface area contributed by atoms with Crippen LogP contribution in [0.3, 0.4) is 0 Å². The van der Waals surface area contributed by atoms with Gasteiger partial charge in [-0.25, -0.2) is 4.39 Å². The number of halogens is 2. The molecule has 0 spiro atoms. The van der Waals surface area contributed by atoms with Crippen molar-refractivity contribution in [2.75, 3.05) is 26.2 Å².